The van der Waals surface area contributed by atoms with E-state index in [-0.39, 0.29) is 0 Å². The summed E-state index contributed by atoms with van der Waals surface area (Å²) in [6.45, 7) is 6.30. The Bertz CT molecular complexity index is 437. The molecule has 2 heterocycles. The number of rotatable bonds is 5. The Balaban J connectivity index is 1.65. The van der Waals surface area contributed by atoms with Crippen LogP contribution >= 0.6 is 0 Å². The molecule has 1 unspecified atom stereocenters. The maximum atomic E-state index is 4.64. The first kappa shape index (κ1) is 14.8. The molecule has 3 rings (SSSR count). The van der Waals surface area contributed by atoms with Crippen molar-refractivity contribution < 1.29 is 0 Å². The van der Waals surface area contributed by atoms with Crippen molar-refractivity contribution in [2.24, 2.45) is 5.92 Å². The van der Waals surface area contributed by atoms with Gasteiger partial charge in [0.05, 0.1) is 0 Å². The maximum absolute atomic E-state index is 4.64. The lowest BCUT2D eigenvalue weighted by Crippen LogP contribution is -2.35. The van der Waals surface area contributed by atoms with Crippen LogP contribution < -0.4 is 10.2 Å². The first-order chi connectivity index (χ1) is 10.2. The van der Waals surface area contributed by atoms with E-state index in [2.05, 4.69) is 34.0 Å². The molecule has 1 atom stereocenters. The summed E-state index contributed by atoms with van der Waals surface area (Å²) in [5.74, 6) is 1.82. The van der Waals surface area contributed by atoms with Crippen LogP contribution in [-0.4, -0.2) is 28.6 Å². The smallest absolute Gasteiger partial charge is 0.225 e. The van der Waals surface area contributed by atoms with Crippen molar-refractivity contribution in [3.05, 3.63) is 18.0 Å². The third-order valence-corrected chi connectivity index (χ3v) is 4.91. The Labute approximate surface area is 128 Å². The molecule has 4 nitrogen and oxygen atoms in total. The van der Waals surface area contributed by atoms with Crippen molar-refractivity contribution in [1.82, 2.24) is 15.3 Å². The average molecular weight is 288 g/mol. The van der Waals surface area contributed by atoms with Gasteiger partial charge in [-0.15, -0.1) is 0 Å². The molecule has 0 amide bonds. The Morgan fingerprint density at radius 1 is 1.14 bits per heavy atom. The van der Waals surface area contributed by atoms with Gasteiger partial charge in [0.1, 0.15) is 0 Å². The molecule has 1 saturated carbocycles. The van der Waals surface area contributed by atoms with E-state index in [9.17, 15) is 0 Å². The molecule has 1 N–H and O–H groups in total. The highest BCUT2D eigenvalue weighted by Crippen LogP contribution is 2.36. The molecule has 0 radical (unpaired) electrons. The molecule has 1 aromatic heterocycles. The lowest BCUT2D eigenvalue weighted by molar-refractivity contribution is 0.427. The van der Waals surface area contributed by atoms with Crippen LogP contribution in [0.15, 0.2) is 12.4 Å². The average Bonchev–Trinajstić information content (AvgIpc) is 3.16. The van der Waals surface area contributed by atoms with Crippen LogP contribution in [0.4, 0.5) is 5.95 Å². The van der Waals surface area contributed by atoms with E-state index < -0.39 is 0 Å². The summed E-state index contributed by atoms with van der Waals surface area (Å²) in [6, 6.07) is 1.18. The highest BCUT2D eigenvalue weighted by molar-refractivity contribution is 5.34. The lowest BCUT2D eigenvalue weighted by Gasteiger charge is -2.29. The fourth-order valence-electron chi connectivity index (χ4n) is 3.78. The van der Waals surface area contributed by atoms with Crippen LogP contribution in [0, 0.1) is 5.92 Å². The number of nitrogens with one attached hydrogen (secondary N) is 1. The molecule has 2 aliphatic rings. The zero-order chi connectivity index (χ0) is 14.7. The van der Waals surface area contributed by atoms with E-state index in [1.54, 1.807) is 0 Å². The van der Waals surface area contributed by atoms with Crippen LogP contribution in [0.3, 0.4) is 0 Å². The highest BCUT2D eigenvalue weighted by Gasteiger charge is 2.34. The van der Waals surface area contributed by atoms with Crippen molar-refractivity contribution >= 4 is 5.95 Å². The lowest BCUT2D eigenvalue weighted by atomic mass is 9.96. The van der Waals surface area contributed by atoms with Gasteiger partial charge in [-0.25, -0.2) is 9.97 Å². The molecule has 0 aromatic carbocycles. The van der Waals surface area contributed by atoms with Gasteiger partial charge in [-0.1, -0.05) is 26.7 Å². The zero-order valence-corrected chi connectivity index (χ0v) is 13.4. The molecule has 0 bridgehead atoms. The van der Waals surface area contributed by atoms with Crippen LogP contribution in [0.1, 0.15) is 57.9 Å². The van der Waals surface area contributed by atoms with E-state index in [1.807, 2.05) is 12.4 Å². The summed E-state index contributed by atoms with van der Waals surface area (Å²) in [7, 11) is 0. The first-order valence-corrected chi connectivity index (χ1v) is 8.55. The molecule has 1 aliphatic carbocycles. The number of nitrogens with zero attached hydrogens (tertiary/aromatic N) is 3. The van der Waals surface area contributed by atoms with Gasteiger partial charge in [0.15, 0.2) is 0 Å². The van der Waals surface area contributed by atoms with Gasteiger partial charge in [-0.2, -0.15) is 0 Å². The third kappa shape index (κ3) is 3.54. The molecular formula is C17H28N4. The van der Waals surface area contributed by atoms with Crippen molar-refractivity contribution in [3.8, 4) is 0 Å². The van der Waals surface area contributed by atoms with Gasteiger partial charge in [0.25, 0.3) is 0 Å². The van der Waals surface area contributed by atoms with Gasteiger partial charge in [-0.3, -0.25) is 0 Å². The van der Waals surface area contributed by atoms with Gasteiger partial charge in [-0.05, 0) is 31.6 Å². The number of anilines is 1. The van der Waals surface area contributed by atoms with Crippen molar-refractivity contribution in [1.29, 1.82) is 0 Å². The molecule has 116 valence electrons. The second kappa shape index (κ2) is 6.73. The fourth-order valence-corrected chi connectivity index (χ4v) is 3.78. The second-order valence-corrected chi connectivity index (χ2v) is 6.87. The third-order valence-electron chi connectivity index (χ3n) is 4.91. The summed E-state index contributed by atoms with van der Waals surface area (Å²) < 4.78 is 0. The van der Waals surface area contributed by atoms with Crippen molar-refractivity contribution in [2.75, 3.05) is 11.4 Å². The van der Waals surface area contributed by atoms with Gasteiger partial charge < -0.3 is 10.2 Å². The zero-order valence-electron chi connectivity index (χ0n) is 13.4. The minimum absolute atomic E-state index is 0.495. The van der Waals surface area contributed by atoms with Crippen LogP contribution in [-0.2, 0) is 6.54 Å². The normalized spacial score (nSPS) is 23.4. The molecule has 1 aliphatic heterocycles. The topological polar surface area (TPSA) is 41.1 Å². The van der Waals surface area contributed by atoms with Gasteiger partial charge >= 0.3 is 0 Å². The molecule has 0 spiro atoms. The predicted octanol–water partition coefficient (Wildman–Crippen LogP) is 3.13. The number of hydrogen-bond donors (Lipinski definition) is 1. The maximum Gasteiger partial charge on any atom is 0.225 e. The SMILES string of the molecule is CC(C)NCc1cnc(N2CCCC2C2CCCC2)nc1. The first-order valence-electron chi connectivity index (χ1n) is 8.55. The number of aromatic nitrogens is 2. The predicted molar refractivity (Wildman–Crippen MR) is 86.3 cm³/mol. The minimum Gasteiger partial charge on any atom is -0.338 e. The molecular weight excluding hydrogens is 260 g/mol. The van der Waals surface area contributed by atoms with Gasteiger partial charge in [0.2, 0.25) is 5.95 Å². The Hall–Kier alpha value is -1.16. The minimum atomic E-state index is 0.495. The van der Waals surface area contributed by atoms with Crippen molar-refractivity contribution in [2.45, 2.75) is 71.0 Å². The molecule has 21 heavy (non-hydrogen) atoms. The van der Waals surface area contributed by atoms with Crippen LogP contribution in [0.2, 0.25) is 0 Å². The standard InChI is InChI=1S/C17H28N4/c1-13(2)18-10-14-11-19-17(20-12-14)21-9-5-8-16(21)15-6-3-4-7-15/h11-13,15-16,18H,3-10H2,1-2H3. The van der Waals surface area contributed by atoms with E-state index >= 15 is 0 Å². The summed E-state index contributed by atoms with van der Waals surface area (Å²) in [5, 5.41) is 3.41. The van der Waals surface area contributed by atoms with E-state index in [0.29, 0.717) is 12.1 Å². The monoisotopic (exact) mass is 288 g/mol. The second-order valence-electron chi connectivity index (χ2n) is 6.87. The van der Waals surface area contributed by atoms with Crippen molar-refractivity contribution in [3.63, 3.8) is 0 Å². The summed E-state index contributed by atoms with van der Waals surface area (Å²) in [4.78, 5) is 11.7. The molecule has 2 fully saturated rings. The molecule has 4 heteroatoms. The van der Waals surface area contributed by atoms with Gasteiger partial charge in [0, 0.05) is 43.1 Å². The Morgan fingerprint density at radius 3 is 2.52 bits per heavy atom. The van der Waals surface area contributed by atoms with Crippen LogP contribution in [0.5, 0.6) is 0 Å². The summed E-state index contributed by atoms with van der Waals surface area (Å²) in [5.41, 5.74) is 1.17. The molecule has 1 saturated heterocycles. The summed E-state index contributed by atoms with van der Waals surface area (Å²) in [6.07, 6.45) is 12.2. The largest absolute Gasteiger partial charge is 0.338 e. The Morgan fingerprint density at radius 2 is 1.86 bits per heavy atom. The Kier molecular flexibility index (Phi) is 4.73. The fraction of sp³-hybridized carbons (Fsp3) is 0.765. The van der Waals surface area contributed by atoms with Crippen LogP contribution in [0.25, 0.3) is 0 Å². The van der Waals surface area contributed by atoms with E-state index in [0.717, 1.165) is 25.0 Å². The summed E-state index contributed by atoms with van der Waals surface area (Å²) >= 11 is 0. The highest BCUT2D eigenvalue weighted by atomic mass is 15.3. The quantitative estimate of drug-likeness (QED) is 0.904. The van der Waals surface area contributed by atoms with E-state index in [1.165, 1.54) is 44.1 Å². The number of hydrogen-bond acceptors (Lipinski definition) is 4. The van der Waals surface area contributed by atoms with E-state index in [4.69, 9.17) is 0 Å². The molecule has 1 aromatic rings.